The summed E-state index contributed by atoms with van der Waals surface area (Å²) in [7, 11) is 3.46. The van der Waals surface area contributed by atoms with Gasteiger partial charge in [-0.15, -0.1) is 0 Å². The lowest BCUT2D eigenvalue weighted by Gasteiger charge is -2.17. The first-order chi connectivity index (χ1) is 8.34. The third-order valence-electron chi connectivity index (χ3n) is 2.85. The van der Waals surface area contributed by atoms with Gasteiger partial charge in [-0.3, -0.25) is 4.79 Å². The summed E-state index contributed by atoms with van der Waals surface area (Å²) in [6.45, 7) is 3.28. The van der Waals surface area contributed by atoms with Crippen LogP contribution in [0.3, 0.4) is 0 Å². The number of aromatic nitrogens is 2. The first-order valence-electron chi connectivity index (χ1n) is 5.47. The van der Waals surface area contributed by atoms with Crippen LogP contribution in [0.5, 0.6) is 0 Å². The molecule has 0 radical (unpaired) electrons. The molecule has 0 fully saturated rings. The minimum Gasteiger partial charge on any atom is -0.478 e. The molecule has 1 heterocycles. The molecule has 18 heavy (non-hydrogen) atoms. The molecule has 1 amide bonds. The van der Waals surface area contributed by atoms with Gasteiger partial charge in [0.05, 0.1) is 6.54 Å². The van der Waals surface area contributed by atoms with Crippen LogP contribution < -0.4 is 0 Å². The number of imidazole rings is 1. The second-order valence-electron chi connectivity index (χ2n) is 4.17. The Balaban J connectivity index is 2.83. The lowest BCUT2D eigenvalue weighted by Crippen LogP contribution is -2.29. The fraction of sp³-hybridized carbons (Fsp3) is 0.417. The fourth-order valence-electron chi connectivity index (χ4n) is 1.44. The minimum absolute atomic E-state index is 0.0618. The quantitative estimate of drug-likeness (QED) is 0.803. The van der Waals surface area contributed by atoms with Gasteiger partial charge in [0.1, 0.15) is 5.82 Å². The number of carbonyl (C=O) groups excluding carboxylic acids is 1. The van der Waals surface area contributed by atoms with Crippen molar-refractivity contribution in [3.8, 4) is 0 Å². The smallest absolute Gasteiger partial charge is 0.331 e. The molecule has 0 unspecified atom stereocenters. The maximum absolute atomic E-state index is 12.0. The summed E-state index contributed by atoms with van der Waals surface area (Å²) < 4.78 is 1.81. The van der Waals surface area contributed by atoms with Crippen LogP contribution in [0.1, 0.15) is 19.7 Å². The van der Waals surface area contributed by atoms with Crippen LogP contribution in [-0.4, -0.2) is 38.5 Å². The van der Waals surface area contributed by atoms with Crippen molar-refractivity contribution < 1.29 is 14.7 Å². The number of amides is 1. The molecule has 0 saturated heterocycles. The Morgan fingerprint density at radius 3 is 2.44 bits per heavy atom. The minimum atomic E-state index is -1.08. The van der Waals surface area contributed by atoms with Crippen LogP contribution in [0.4, 0.5) is 0 Å². The fourth-order valence-corrected chi connectivity index (χ4v) is 1.44. The zero-order chi connectivity index (χ0) is 13.9. The molecule has 0 atom stereocenters. The van der Waals surface area contributed by atoms with Crippen LogP contribution in [0.25, 0.3) is 0 Å². The standard InChI is InChI=1S/C12H17N3O3/c1-8(9(2)12(17)18)11(16)15(4)7-10-13-5-6-14(10)3/h5-6H,7H2,1-4H3,(H,17,18). The molecule has 98 valence electrons. The van der Waals surface area contributed by atoms with Crippen LogP contribution in [-0.2, 0) is 23.2 Å². The molecule has 0 aliphatic rings. The molecular formula is C12H17N3O3. The number of likely N-dealkylation sites (N-methyl/N-ethyl adjacent to an activating group) is 1. The van der Waals surface area contributed by atoms with Crippen molar-refractivity contribution in [2.45, 2.75) is 20.4 Å². The van der Waals surface area contributed by atoms with Gasteiger partial charge < -0.3 is 14.6 Å². The van der Waals surface area contributed by atoms with E-state index in [9.17, 15) is 9.59 Å². The molecule has 0 aromatic carbocycles. The molecule has 6 heteroatoms. The van der Waals surface area contributed by atoms with Crippen molar-refractivity contribution in [3.63, 3.8) is 0 Å². The number of hydrogen-bond acceptors (Lipinski definition) is 3. The monoisotopic (exact) mass is 251 g/mol. The predicted molar refractivity (Wildman–Crippen MR) is 65.7 cm³/mol. The number of rotatable bonds is 4. The average molecular weight is 251 g/mol. The Hall–Kier alpha value is -2.11. The lowest BCUT2D eigenvalue weighted by molar-refractivity contribution is -0.133. The third kappa shape index (κ3) is 2.97. The van der Waals surface area contributed by atoms with Gasteiger partial charge in [-0.05, 0) is 13.8 Å². The Bertz CT molecular complexity index is 502. The second kappa shape index (κ2) is 5.48. The normalized spacial score (nSPS) is 12.0. The number of carboxylic acids is 1. The Labute approximate surface area is 106 Å². The van der Waals surface area contributed by atoms with E-state index in [2.05, 4.69) is 4.98 Å². The van der Waals surface area contributed by atoms with E-state index in [0.29, 0.717) is 6.54 Å². The van der Waals surface area contributed by atoms with Crippen LogP contribution in [0.2, 0.25) is 0 Å². The molecule has 1 aromatic heterocycles. The van der Waals surface area contributed by atoms with Gasteiger partial charge in [0, 0.05) is 37.6 Å². The molecule has 1 N–H and O–H groups in total. The van der Waals surface area contributed by atoms with Crippen molar-refractivity contribution >= 4 is 11.9 Å². The van der Waals surface area contributed by atoms with Crippen molar-refractivity contribution in [1.82, 2.24) is 14.5 Å². The van der Waals surface area contributed by atoms with Crippen LogP contribution in [0.15, 0.2) is 23.5 Å². The zero-order valence-corrected chi connectivity index (χ0v) is 11.0. The Morgan fingerprint density at radius 2 is 2.00 bits per heavy atom. The first-order valence-corrected chi connectivity index (χ1v) is 5.47. The number of aliphatic carboxylic acids is 1. The number of nitrogens with zero attached hydrogens (tertiary/aromatic N) is 3. The summed E-state index contributed by atoms with van der Waals surface area (Å²) in [5.41, 5.74) is 0.297. The van der Waals surface area contributed by atoms with E-state index in [1.165, 1.54) is 18.7 Å². The van der Waals surface area contributed by atoms with E-state index >= 15 is 0 Å². The molecule has 1 aromatic rings. The summed E-state index contributed by atoms with van der Waals surface area (Å²) in [6, 6.07) is 0. The van der Waals surface area contributed by atoms with E-state index in [1.54, 1.807) is 19.4 Å². The van der Waals surface area contributed by atoms with Crippen molar-refractivity contribution in [3.05, 3.63) is 29.4 Å². The highest BCUT2D eigenvalue weighted by Crippen LogP contribution is 2.09. The highest BCUT2D eigenvalue weighted by Gasteiger charge is 2.17. The summed E-state index contributed by atoms with van der Waals surface area (Å²) in [6.07, 6.45) is 3.44. The van der Waals surface area contributed by atoms with Crippen molar-refractivity contribution in [1.29, 1.82) is 0 Å². The summed E-state index contributed by atoms with van der Waals surface area (Å²) in [5.74, 6) is -0.643. The molecular weight excluding hydrogens is 234 g/mol. The third-order valence-corrected chi connectivity index (χ3v) is 2.85. The molecule has 1 rings (SSSR count). The van der Waals surface area contributed by atoms with Crippen LogP contribution in [0, 0.1) is 0 Å². The topological polar surface area (TPSA) is 75.4 Å². The van der Waals surface area contributed by atoms with E-state index < -0.39 is 5.97 Å². The Kier molecular flexibility index (Phi) is 4.25. The number of hydrogen-bond donors (Lipinski definition) is 1. The number of carbonyl (C=O) groups is 2. The molecule has 0 saturated carbocycles. The van der Waals surface area contributed by atoms with E-state index in [-0.39, 0.29) is 17.1 Å². The van der Waals surface area contributed by atoms with E-state index in [0.717, 1.165) is 5.82 Å². The van der Waals surface area contributed by atoms with E-state index in [1.807, 2.05) is 11.6 Å². The maximum atomic E-state index is 12.0. The summed E-state index contributed by atoms with van der Waals surface area (Å²) >= 11 is 0. The first kappa shape index (κ1) is 14.0. The highest BCUT2D eigenvalue weighted by molar-refractivity contribution is 6.01. The summed E-state index contributed by atoms with van der Waals surface area (Å²) in [4.78, 5) is 28.4. The predicted octanol–water partition coefficient (Wildman–Crippen LogP) is 0.799. The van der Waals surface area contributed by atoms with Gasteiger partial charge in [0.15, 0.2) is 0 Å². The van der Waals surface area contributed by atoms with Gasteiger partial charge in [-0.2, -0.15) is 0 Å². The largest absolute Gasteiger partial charge is 0.478 e. The molecule has 0 aliphatic carbocycles. The van der Waals surface area contributed by atoms with Gasteiger partial charge in [0.25, 0.3) is 0 Å². The van der Waals surface area contributed by atoms with Gasteiger partial charge in [0.2, 0.25) is 5.91 Å². The zero-order valence-electron chi connectivity index (χ0n) is 11.0. The average Bonchev–Trinajstić information content (AvgIpc) is 2.71. The second-order valence-corrected chi connectivity index (χ2v) is 4.17. The molecule has 0 aliphatic heterocycles. The van der Waals surface area contributed by atoms with Crippen molar-refractivity contribution in [2.75, 3.05) is 7.05 Å². The SMILES string of the molecule is CC(C(=O)O)=C(C)C(=O)N(C)Cc1nccn1C. The molecule has 6 nitrogen and oxygen atoms in total. The van der Waals surface area contributed by atoms with Gasteiger partial charge >= 0.3 is 5.97 Å². The van der Waals surface area contributed by atoms with Crippen LogP contribution >= 0.6 is 0 Å². The highest BCUT2D eigenvalue weighted by atomic mass is 16.4. The van der Waals surface area contributed by atoms with E-state index in [4.69, 9.17) is 5.11 Å². The van der Waals surface area contributed by atoms with Gasteiger partial charge in [-0.1, -0.05) is 0 Å². The molecule has 0 spiro atoms. The van der Waals surface area contributed by atoms with Gasteiger partial charge in [-0.25, -0.2) is 9.78 Å². The lowest BCUT2D eigenvalue weighted by atomic mass is 10.1. The Morgan fingerprint density at radius 1 is 1.39 bits per heavy atom. The van der Waals surface area contributed by atoms with Crippen molar-refractivity contribution in [2.24, 2.45) is 7.05 Å². The number of aryl methyl sites for hydroxylation is 1. The molecule has 0 bridgehead atoms. The maximum Gasteiger partial charge on any atom is 0.331 e. The number of carboxylic acid groups (broad SMARTS) is 1. The summed E-state index contributed by atoms with van der Waals surface area (Å²) in [5, 5.41) is 8.84.